The standard InChI is InChI=1S/C17H26N6O/c1-13-19-15(3)23(20-13)12-17(24)22-9-5-16(6-10-22)4-8-21-11-7-18-14(21)2/h7,11,16H,4-6,8-10,12H2,1-3H3. The number of rotatable bonds is 5. The van der Waals surface area contributed by atoms with Crippen LogP contribution in [0.15, 0.2) is 12.4 Å². The van der Waals surface area contributed by atoms with Gasteiger partial charge in [0.15, 0.2) is 0 Å². The molecule has 3 rings (SSSR count). The molecule has 7 nitrogen and oxygen atoms in total. The number of imidazole rings is 1. The average molecular weight is 330 g/mol. The van der Waals surface area contributed by atoms with E-state index in [1.54, 1.807) is 4.68 Å². The van der Waals surface area contributed by atoms with Crippen molar-refractivity contribution in [2.75, 3.05) is 13.1 Å². The molecule has 0 N–H and O–H groups in total. The molecule has 1 aliphatic rings. The fourth-order valence-corrected chi connectivity index (χ4v) is 3.37. The molecule has 3 heterocycles. The van der Waals surface area contributed by atoms with Crippen molar-refractivity contribution >= 4 is 5.91 Å². The lowest BCUT2D eigenvalue weighted by atomic mass is 9.93. The lowest BCUT2D eigenvalue weighted by molar-refractivity contribution is -0.133. The summed E-state index contributed by atoms with van der Waals surface area (Å²) in [4.78, 5) is 22.9. The zero-order chi connectivity index (χ0) is 17.1. The summed E-state index contributed by atoms with van der Waals surface area (Å²) >= 11 is 0. The number of carbonyl (C=O) groups is 1. The van der Waals surface area contributed by atoms with Crippen molar-refractivity contribution in [3.05, 3.63) is 29.9 Å². The van der Waals surface area contributed by atoms with Gasteiger partial charge in [0.05, 0.1) is 0 Å². The lowest BCUT2D eigenvalue weighted by Gasteiger charge is -2.32. The Bertz CT molecular complexity index is 696. The van der Waals surface area contributed by atoms with E-state index in [-0.39, 0.29) is 5.91 Å². The minimum Gasteiger partial charge on any atom is -0.341 e. The third-order valence-electron chi connectivity index (χ3n) is 4.92. The van der Waals surface area contributed by atoms with Gasteiger partial charge < -0.3 is 9.47 Å². The van der Waals surface area contributed by atoms with Gasteiger partial charge in [-0.2, -0.15) is 5.10 Å². The van der Waals surface area contributed by atoms with Crippen LogP contribution in [-0.2, 0) is 17.9 Å². The van der Waals surface area contributed by atoms with Crippen molar-refractivity contribution in [2.24, 2.45) is 5.92 Å². The van der Waals surface area contributed by atoms with Crippen LogP contribution in [0.25, 0.3) is 0 Å². The van der Waals surface area contributed by atoms with Crippen molar-refractivity contribution in [1.82, 2.24) is 29.2 Å². The fraction of sp³-hybridized carbons (Fsp3) is 0.647. The van der Waals surface area contributed by atoms with E-state index in [0.29, 0.717) is 18.3 Å². The number of piperidine rings is 1. The van der Waals surface area contributed by atoms with Gasteiger partial charge in [0.2, 0.25) is 5.91 Å². The van der Waals surface area contributed by atoms with Crippen LogP contribution in [0.1, 0.15) is 36.7 Å². The first-order valence-electron chi connectivity index (χ1n) is 8.66. The van der Waals surface area contributed by atoms with Gasteiger partial charge in [0.25, 0.3) is 0 Å². The Balaban J connectivity index is 1.45. The summed E-state index contributed by atoms with van der Waals surface area (Å²) < 4.78 is 3.90. The number of aromatic nitrogens is 5. The van der Waals surface area contributed by atoms with Crippen molar-refractivity contribution in [3.8, 4) is 0 Å². The van der Waals surface area contributed by atoms with Gasteiger partial charge in [-0.3, -0.25) is 4.79 Å². The molecule has 0 aliphatic carbocycles. The number of likely N-dealkylation sites (tertiary alicyclic amines) is 1. The minimum atomic E-state index is 0.145. The molecule has 1 saturated heterocycles. The Hall–Kier alpha value is -2.18. The Morgan fingerprint density at radius 2 is 1.96 bits per heavy atom. The van der Waals surface area contributed by atoms with E-state index >= 15 is 0 Å². The monoisotopic (exact) mass is 330 g/mol. The van der Waals surface area contributed by atoms with E-state index in [1.165, 1.54) is 0 Å². The van der Waals surface area contributed by atoms with Crippen LogP contribution in [-0.4, -0.2) is 48.2 Å². The first-order chi connectivity index (χ1) is 11.5. The minimum absolute atomic E-state index is 0.145. The summed E-state index contributed by atoms with van der Waals surface area (Å²) in [5.74, 6) is 3.42. The molecular formula is C17H26N6O. The number of hydrogen-bond acceptors (Lipinski definition) is 4. The van der Waals surface area contributed by atoms with E-state index in [1.807, 2.05) is 38.1 Å². The molecule has 7 heteroatoms. The molecule has 1 aliphatic heterocycles. The van der Waals surface area contributed by atoms with Gasteiger partial charge in [-0.25, -0.2) is 14.6 Å². The van der Waals surface area contributed by atoms with Gasteiger partial charge in [-0.05, 0) is 46.0 Å². The van der Waals surface area contributed by atoms with Crippen LogP contribution in [0.5, 0.6) is 0 Å². The largest absolute Gasteiger partial charge is 0.341 e. The van der Waals surface area contributed by atoms with Crippen LogP contribution in [0.3, 0.4) is 0 Å². The Morgan fingerprint density at radius 1 is 1.21 bits per heavy atom. The van der Waals surface area contributed by atoms with Crippen molar-refractivity contribution in [1.29, 1.82) is 0 Å². The fourth-order valence-electron chi connectivity index (χ4n) is 3.37. The highest BCUT2D eigenvalue weighted by Crippen LogP contribution is 2.21. The predicted molar refractivity (Wildman–Crippen MR) is 90.4 cm³/mol. The molecule has 24 heavy (non-hydrogen) atoms. The highest BCUT2D eigenvalue weighted by molar-refractivity contribution is 5.76. The van der Waals surface area contributed by atoms with Gasteiger partial charge in [0.1, 0.15) is 24.0 Å². The number of nitrogens with zero attached hydrogens (tertiary/aromatic N) is 6. The second kappa shape index (κ2) is 7.15. The second-order valence-electron chi connectivity index (χ2n) is 6.64. The molecule has 130 valence electrons. The topological polar surface area (TPSA) is 68.8 Å². The molecule has 2 aromatic rings. The second-order valence-corrected chi connectivity index (χ2v) is 6.64. The molecule has 2 aromatic heterocycles. The van der Waals surface area contributed by atoms with E-state index in [0.717, 1.165) is 50.5 Å². The summed E-state index contributed by atoms with van der Waals surface area (Å²) in [6.07, 6.45) is 7.20. The van der Waals surface area contributed by atoms with Crippen LogP contribution in [0, 0.1) is 26.7 Å². The summed E-state index contributed by atoms with van der Waals surface area (Å²) in [6, 6.07) is 0. The van der Waals surface area contributed by atoms with E-state index < -0.39 is 0 Å². The number of aryl methyl sites for hydroxylation is 4. The van der Waals surface area contributed by atoms with E-state index in [4.69, 9.17) is 0 Å². The SMILES string of the molecule is Cc1nc(C)n(CC(=O)N2CCC(CCn3ccnc3C)CC2)n1. The zero-order valence-corrected chi connectivity index (χ0v) is 14.8. The summed E-state index contributed by atoms with van der Waals surface area (Å²) in [5.41, 5.74) is 0. The predicted octanol–water partition coefficient (Wildman–Crippen LogP) is 1.73. The third kappa shape index (κ3) is 3.83. The smallest absolute Gasteiger partial charge is 0.244 e. The van der Waals surface area contributed by atoms with Crippen LogP contribution < -0.4 is 0 Å². The molecule has 0 unspecified atom stereocenters. The van der Waals surface area contributed by atoms with Gasteiger partial charge in [-0.15, -0.1) is 0 Å². The van der Waals surface area contributed by atoms with Crippen LogP contribution in [0.2, 0.25) is 0 Å². The summed E-state index contributed by atoms with van der Waals surface area (Å²) in [6.45, 7) is 8.78. The molecular weight excluding hydrogens is 304 g/mol. The normalized spacial score (nSPS) is 15.9. The third-order valence-corrected chi connectivity index (χ3v) is 4.92. The zero-order valence-electron chi connectivity index (χ0n) is 14.8. The highest BCUT2D eigenvalue weighted by Gasteiger charge is 2.23. The first kappa shape index (κ1) is 16.7. The molecule has 0 aromatic carbocycles. The molecule has 1 fully saturated rings. The van der Waals surface area contributed by atoms with Crippen molar-refractivity contribution < 1.29 is 4.79 Å². The van der Waals surface area contributed by atoms with Crippen molar-refractivity contribution in [3.63, 3.8) is 0 Å². The quantitative estimate of drug-likeness (QED) is 0.837. The molecule has 0 saturated carbocycles. The summed E-state index contributed by atoms with van der Waals surface area (Å²) in [5, 5.41) is 4.28. The molecule has 0 bridgehead atoms. The van der Waals surface area contributed by atoms with Gasteiger partial charge in [-0.1, -0.05) is 0 Å². The Labute approximate surface area is 142 Å². The summed E-state index contributed by atoms with van der Waals surface area (Å²) in [7, 11) is 0. The number of hydrogen-bond donors (Lipinski definition) is 0. The molecule has 0 spiro atoms. The molecule has 0 radical (unpaired) electrons. The van der Waals surface area contributed by atoms with E-state index in [2.05, 4.69) is 19.6 Å². The number of carbonyl (C=O) groups excluding carboxylic acids is 1. The maximum atomic E-state index is 12.4. The maximum Gasteiger partial charge on any atom is 0.244 e. The Kier molecular flexibility index (Phi) is 4.97. The van der Waals surface area contributed by atoms with Crippen molar-refractivity contribution in [2.45, 2.75) is 53.1 Å². The Morgan fingerprint density at radius 3 is 2.54 bits per heavy atom. The van der Waals surface area contributed by atoms with Gasteiger partial charge >= 0.3 is 0 Å². The number of amides is 1. The average Bonchev–Trinajstić information content (AvgIpc) is 3.11. The highest BCUT2D eigenvalue weighted by atomic mass is 16.2. The lowest BCUT2D eigenvalue weighted by Crippen LogP contribution is -2.40. The van der Waals surface area contributed by atoms with E-state index in [9.17, 15) is 4.79 Å². The van der Waals surface area contributed by atoms with Gasteiger partial charge in [0, 0.05) is 32.0 Å². The first-order valence-corrected chi connectivity index (χ1v) is 8.66. The maximum absolute atomic E-state index is 12.4. The van der Waals surface area contributed by atoms with Crippen LogP contribution >= 0.6 is 0 Å². The van der Waals surface area contributed by atoms with Crippen LogP contribution in [0.4, 0.5) is 0 Å². The molecule has 1 amide bonds. The molecule has 0 atom stereocenters.